The number of aliphatic imine (C=N–C) groups is 1. The minimum absolute atomic E-state index is 0.0209. The molecule has 0 atom stereocenters. The number of fused-ring (bicyclic) bond motifs is 1. The Hall–Kier alpha value is -3.15. The fourth-order valence-corrected chi connectivity index (χ4v) is 2.14. The summed E-state index contributed by atoms with van der Waals surface area (Å²) in [5.41, 5.74) is 8.64. The van der Waals surface area contributed by atoms with Crippen LogP contribution in [0, 0.1) is 6.92 Å². The van der Waals surface area contributed by atoms with Gasteiger partial charge in [-0.2, -0.15) is 0 Å². The lowest BCUT2D eigenvalue weighted by atomic mass is 10.2. The molecule has 1 heterocycles. The summed E-state index contributed by atoms with van der Waals surface area (Å²) in [6, 6.07) is 15.0. The first kappa shape index (κ1) is 13.8. The molecule has 0 spiro atoms. The zero-order chi connectivity index (χ0) is 15.5. The number of aromatic amines is 1. The maximum atomic E-state index is 9.94. The lowest BCUT2D eigenvalue weighted by Gasteiger charge is -1.95. The molecule has 1 aromatic heterocycles. The molecule has 0 fully saturated rings. The number of nitrogens with two attached hydrogens (primary N) is 1. The highest BCUT2D eigenvalue weighted by Crippen LogP contribution is 2.35. The lowest BCUT2D eigenvalue weighted by Crippen LogP contribution is -2.06. The van der Waals surface area contributed by atoms with E-state index in [9.17, 15) is 5.11 Å². The molecule has 0 saturated heterocycles. The molecule has 110 valence electrons. The van der Waals surface area contributed by atoms with E-state index in [1.165, 1.54) is 0 Å². The molecule has 0 amide bonds. The number of aromatic hydroxyl groups is 1. The van der Waals surface area contributed by atoms with Crippen molar-refractivity contribution >= 4 is 28.2 Å². The van der Waals surface area contributed by atoms with E-state index in [4.69, 9.17) is 5.73 Å². The van der Waals surface area contributed by atoms with Gasteiger partial charge < -0.3 is 15.8 Å². The summed E-state index contributed by atoms with van der Waals surface area (Å²) < 4.78 is 0. The van der Waals surface area contributed by atoms with E-state index in [1.807, 2.05) is 55.5 Å². The van der Waals surface area contributed by atoms with Gasteiger partial charge in [-0.3, -0.25) is 0 Å². The van der Waals surface area contributed by atoms with E-state index in [2.05, 4.69) is 20.2 Å². The second-order valence-corrected chi connectivity index (χ2v) is 4.88. The molecule has 3 rings (SSSR count). The molecule has 2 aromatic carbocycles. The Morgan fingerprint density at radius 3 is 2.68 bits per heavy atom. The molecule has 6 nitrogen and oxygen atoms in total. The summed E-state index contributed by atoms with van der Waals surface area (Å²) >= 11 is 0. The third-order valence-electron chi connectivity index (χ3n) is 3.16. The summed E-state index contributed by atoms with van der Waals surface area (Å²) in [5.74, 6) is -0.0236. The third-order valence-corrected chi connectivity index (χ3v) is 3.16. The van der Waals surface area contributed by atoms with Crippen molar-refractivity contribution in [3.05, 3.63) is 54.1 Å². The molecule has 0 aliphatic rings. The molecule has 3 aromatic rings. The molecule has 6 heteroatoms. The normalized spacial score (nSPS) is 12.3. The molecular formula is C16H15N5O. The van der Waals surface area contributed by atoms with Crippen LogP contribution in [-0.4, -0.2) is 16.1 Å². The van der Waals surface area contributed by atoms with Crippen LogP contribution < -0.4 is 5.73 Å². The van der Waals surface area contributed by atoms with Crippen molar-refractivity contribution in [2.24, 2.45) is 21.0 Å². The highest BCUT2D eigenvalue weighted by Gasteiger charge is 2.10. The monoisotopic (exact) mass is 293 g/mol. The third kappa shape index (κ3) is 2.80. The van der Waals surface area contributed by atoms with E-state index in [-0.39, 0.29) is 11.8 Å². The Balaban J connectivity index is 1.94. The first-order chi connectivity index (χ1) is 10.6. The van der Waals surface area contributed by atoms with E-state index in [0.29, 0.717) is 11.4 Å². The highest BCUT2D eigenvalue weighted by molar-refractivity contribution is 5.95. The van der Waals surface area contributed by atoms with Gasteiger partial charge in [0.2, 0.25) is 11.8 Å². The van der Waals surface area contributed by atoms with E-state index < -0.39 is 0 Å². The largest absolute Gasteiger partial charge is 0.493 e. The van der Waals surface area contributed by atoms with Gasteiger partial charge in [-0.1, -0.05) is 29.8 Å². The van der Waals surface area contributed by atoms with Gasteiger partial charge in [0, 0.05) is 5.39 Å². The Morgan fingerprint density at radius 2 is 1.91 bits per heavy atom. The van der Waals surface area contributed by atoms with Crippen molar-refractivity contribution in [2.75, 3.05) is 0 Å². The molecule has 0 saturated carbocycles. The number of hydrogen-bond acceptors (Lipinski definition) is 3. The number of nitrogens with one attached hydrogen (secondary N) is 1. The number of aromatic nitrogens is 1. The standard InChI is InChI=1S/C16H15N5O/c1-10-7-8-13-12(9-10)14(15(22)19-13)20-21-16(17)18-11-5-3-2-4-6-11/h2-9,19,22H,1H3,(H2,17,18). The number of benzene rings is 2. The van der Waals surface area contributed by atoms with Gasteiger partial charge in [0.25, 0.3) is 0 Å². The van der Waals surface area contributed by atoms with E-state index in [1.54, 1.807) is 0 Å². The zero-order valence-electron chi connectivity index (χ0n) is 12.0. The zero-order valence-corrected chi connectivity index (χ0v) is 12.0. The summed E-state index contributed by atoms with van der Waals surface area (Å²) in [4.78, 5) is 6.98. The van der Waals surface area contributed by atoms with Crippen molar-refractivity contribution in [1.29, 1.82) is 0 Å². The summed E-state index contributed by atoms with van der Waals surface area (Å²) in [6.07, 6.45) is 0. The average molecular weight is 293 g/mol. The minimum Gasteiger partial charge on any atom is -0.493 e. The van der Waals surface area contributed by atoms with E-state index >= 15 is 0 Å². The number of H-pyrrole nitrogens is 1. The Morgan fingerprint density at radius 1 is 1.14 bits per heavy atom. The number of aryl methyl sites for hydroxylation is 1. The molecule has 0 aliphatic heterocycles. The van der Waals surface area contributed by atoms with E-state index in [0.717, 1.165) is 16.5 Å². The molecule has 22 heavy (non-hydrogen) atoms. The lowest BCUT2D eigenvalue weighted by molar-refractivity contribution is 0.459. The topological polar surface area (TPSA) is 99.1 Å². The number of rotatable bonds is 2. The Bertz CT molecular complexity index is 865. The van der Waals surface area contributed by atoms with Gasteiger partial charge in [0.15, 0.2) is 5.69 Å². The van der Waals surface area contributed by atoms with Crippen LogP contribution in [0.1, 0.15) is 5.56 Å². The summed E-state index contributed by atoms with van der Waals surface area (Å²) in [6.45, 7) is 1.97. The maximum absolute atomic E-state index is 9.94. The summed E-state index contributed by atoms with van der Waals surface area (Å²) in [5, 5.41) is 18.6. The average Bonchev–Trinajstić information content (AvgIpc) is 2.81. The van der Waals surface area contributed by atoms with Gasteiger partial charge in [-0.15, -0.1) is 10.2 Å². The molecule has 0 bridgehead atoms. The van der Waals surface area contributed by atoms with Gasteiger partial charge in [0.1, 0.15) is 0 Å². The van der Waals surface area contributed by atoms with Crippen LogP contribution >= 0.6 is 0 Å². The molecular weight excluding hydrogens is 278 g/mol. The number of nitrogens with zero attached hydrogens (tertiary/aromatic N) is 3. The molecule has 4 N–H and O–H groups in total. The van der Waals surface area contributed by atoms with Gasteiger partial charge in [-0.05, 0) is 31.2 Å². The van der Waals surface area contributed by atoms with Crippen LogP contribution in [0.4, 0.5) is 11.4 Å². The first-order valence-corrected chi connectivity index (χ1v) is 6.76. The maximum Gasteiger partial charge on any atom is 0.240 e. The molecule has 0 aliphatic carbocycles. The van der Waals surface area contributed by atoms with Crippen LogP contribution in [0.25, 0.3) is 10.9 Å². The number of para-hydroxylation sites is 1. The Labute approximate surface area is 127 Å². The van der Waals surface area contributed by atoms with Gasteiger partial charge in [-0.25, -0.2) is 4.99 Å². The van der Waals surface area contributed by atoms with Crippen LogP contribution in [0.15, 0.2) is 63.8 Å². The second-order valence-electron chi connectivity index (χ2n) is 4.88. The number of azo groups is 1. The van der Waals surface area contributed by atoms with Crippen LogP contribution in [0.5, 0.6) is 5.88 Å². The molecule has 0 unspecified atom stereocenters. The predicted octanol–water partition coefficient (Wildman–Crippen LogP) is 3.91. The number of hydrogen-bond donors (Lipinski definition) is 3. The van der Waals surface area contributed by atoms with Crippen LogP contribution in [0.2, 0.25) is 0 Å². The Kier molecular flexibility index (Phi) is 3.57. The SMILES string of the molecule is Cc1ccc2[nH]c(O)c(N=NC(N)=Nc3ccccc3)c2c1. The predicted molar refractivity (Wildman–Crippen MR) is 86.9 cm³/mol. The van der Waals surface area contributed by atoms with Crippen LogP contribution in [0.3, 0.4) is 0 Å². The molecule has 0 radical (unpaired) electrons. The van der Waals surface area contributed by atoms with Crippen molar-refractivity contribution in [3.8, 4) is 5.88 Å². The highest BCUT2D eigenvalue weighted by atomic mass is 16.3. The number of guanidine groups is 1. The summed E-state index contributed by atoms with van der Waals surface area (Å²) in [7, 11) is 0. The van der Waals surface area contributed by atoms with Crippen molar-refractivity contribution in [1.82, 2.24) is 4.98 Å². The van der Waals surface area contributed by atoms with Gasteiger partial charge >= 0.3 is 0 Å². The van der Waals surface area contributed by atoms with Gasteiger partial charge in [0.05, 0.1) is 11.2 Å². The first-order valence-electron chi connectivity index (χ1n) is 6.76. The smallest absolute Gasteiger partial charge is 0.240 e. The van der Waals surface area contributed by atoms with Crippen LogP contribution in [-0.2, 0) is 0 Å². The second kappa shape index (κ2) is 5.69. The quantitative estimate of drug-likeness (QED) is 0.379. The van der Waals surface area contributed by atoms with Crippen molar-refractivity contribution in [2.45, 2.75) is 6.92 Å². The fourth-order valence-electron chi connectivity index (χ4n) is 2.14. The fraction of sp³-hybridized carbons (Fsp3) is 0.0625. The van der Waals surface area contributed by atoms with Crippen molar-refractivity contribution in [3.63, 3.8) is 0 Å². The minimum atomic E-state index is -0.0446. The van der Waals surface area contributed by atoms with Crippen molar-refractivity contribution < 1.29 is 5.11 Å².